The lowest BCUT2D eigenvalue weighted by Gasteiger charge is -2.24. The first-order valence-electron chi connectivity index (χ1n) is 8.19. The highest BCUT2D eigenvalue weighted by molar-refractivity contribution is 5.91. The van der Waals surface area contributed by atoms with Crippen molar-refractivity contribution in [3.8, 4) is 6.01 Å². The zero-order chi connectivity index (χ0) is 16.4. The largest absolute Gasteiger partial charge is 0.464 e. The van der Waals surface area contributed by atoms with Gasteiger partial charge in [0.05, 0.1) is 30.7 Å². The van der Waals surface area contributed by atoms with E-state index in [0.29, 0.717) is 25.1 Å². The lowest BCUT2D eigenvalue weighted by atomic mass is 10.1. The maximum Gasteiger partial charge on any atom is 0.318 e. The second-order valence-corrected chi connectivity index (χ2v) is 6.12. The Hall–Kier alpha value is -1.95. The highest BCUT2D eigenvalue weighted by Gasteiger charge is 2.21. The molecule has 23 heavy (non-hydrogen) atoms. The second-order valence-electron chi connectivity index (χ2n) is 6.12. The van der Waals surface area contributed by atoms with E-state index < -0.39 is 0 Å². The summed E-state index contributed by atoms with van der Waals surface area (Å²) in [5.41, 5.74) is 2.98. The molecule has 0 bridgehead atoms. The van der Waals surface area contributed by atoms with E-state index in [9.17, 15) is 0 Å². The Morgan fingerprint density at radius 1 is 1.35 bits per heavy atom. The molecule has 0 spiro atoms. The van der Waals surface area contributed by atoms with Gasteiger partial charge in [0.25, 0.3) is 0 Å². The summed E-state index contributed by atoms with van der Waals surface area (Å²) in [5.74, 6) is 1.35. The Balaban J connectivity index is 2.15. The van der Waals surface area contributed by atoms with Crippen molar-refractivity contribution in [1.82, 2.24) is 15.0 Å². The lowest BCUT2D eigenvalue weighted by molar-refractivity contribution is 0.129. The molecule has 1 unspecified atom stereocenters. The summed E-state index contributed by atoms with van der Waals surface area (Å²) in [7, 11) is 0. The van der Waals surface area contributed by atoms with Crippen molar-refractivity contribution in [3.05, 3.63) is 17.5 Å². The molecule has 1 saturated heterocycles. The maximum atomic E-state index is 5.66. The van der Waals surface area contributed by atoms with Gasteiger partial charge in [-0.25, -0.2) is 0 Å². The van der Waals surface area contributed by atoms with Crippen LogP contribution in [0.3, 0.4) is 0 Å². The molecule has 0 aromatic carbocycles. The molecule has 2 aromatic heterocycles. The smallest absolute Gasteiger partial charge is 0.318 e. The number of hydrogen-bond acceptors (Lipinski definition) is 6. The standard InChI is InChI=1S/C17H24N4O2/c1-5-23-17-19-15-12(3)13(4)18-8-14(15)16(20-17)21-6-7-22-10-11(2)9-21/h8,11H,5-7,9-10H2,1-4H3. The Bertz CT molecular complexity index is 705. The zero-order valence-corrected chi connectivity index (χ0v) is 14.3. The summed E-state index contributed by atoms with van der Waals surface area (Å²) in [6, 6.07) is 0.432. The van der Waals surface area contributed by atoms with Gasteiger partial charge in [0.2, 0.25) is 0 Å². The summed E-state index contributed by atoms with van der Waals surface area (Å²) < 4.78 is 11.3. The van der Waals surface area contributed by atoms with E-state index in [4.69, 9.17) is 9.47 Å². The first-order chi connectivity index (χ1) is 11.1. The minimum absolute atomic E-state index is 0.432. The van der Waals surface area contributed by atoms with Crippen molar-refractivity contribution in [2.75, 3.05) is 37.8 Å². The molecule has 0 aliphatic carbocycles. The summed E-state index contributed by atoms with van der Waals surface area (Å²) in [6.45, 7) is 11.9. The van der Waals surface area contributed by atoms with Gasteiger partial charge in [-0.1, -0.05) is 6.92 Å². The van der Waals surface area contributed by atoms with Gasteiger partial charge in [-0.3, -0.25) is 4.98 Å². The quantitative estimate of drug-likeness (QED) is 0.867. The molecule has 3 heterocycles. The molecule has 1 aliphatic rings. The molecule has 6 heteroatoms. The van der Waals surface area contributed by atoms with Gasteiger partial charge < -0.3 is 14.4 Å². The third-order valence-electron chi connectivity index (χ3n) is 4.20. The molecule has 2 aromatic rings. The molecule has 0 saturated carbocycles. The van der Waals surface area contributed by atoms with E-state index in [-0.39, 0.29) is 0 Å². The van der Waals surface area contributed by atoms with Crippen LogP contribution in [0, 0.1) is 19.8 Å². The van der Waals surface area contributed by atoms with Crippen LogP contribution in [0.2, 0.25) is 0 Å². The third-order valence-corrected chi connectivity index (χ3v) is 4.20. The second kappa shape index (κ2) is 6.66. The highest BCUT2D eigenvalue weighted by Crippen LogP contribution is 2.29. The summed E-state index contributed by atoms with van der Waals surface area (Å²) >= 11 is 0. The molecule has 6 nitrogen and oxygen atoms in total. The van der Waals surface area contributed by atoms with Crippen molar-refractivity contribution in [3.63, 3.8) is 0 Å². The molecule has 1 aliphatic heterocycles. The molecule has 1 fully saturated rings. The predicted molar refractivity (Wildman–Crippen MR) is 90.2 cm³/mol. The fourth-order valence-corrected chi connectivity index (χ4v) is 2.88. The average Bonchev–Trinajstić information content (AvgIpc) is 2.75. The van der Waals surface area contributed by atoms with Gasteiger partial charge in [-0.2, -0.15) is 9.97 Å². The first kappa shape index (κ1) is 15.9. The molecular formula is C17H24N4O2. The normalized spacial score (nSPS) is 19.0. The zero-order valence-electron chi connectivity index (χ0n) is 14.3. The molecule has 1 atom stereocenters. The Morgan fingerprint density at radius 3 is 2.96 bits per heavy atom. The first-order valence-corrected chi connectivity index (χ1v) is 8.19. The number of anilines is 1. The average molecular weight is 316 g/mol. The van der Waals surface area contributed by atoms with E-state index in [1.54, 1.807) is 0 Å². The van der Waals surface area contributed by atoms with Crippen LogP contribution in [-0.4, -0.2) is 47.9 Å². The molecular weight excluding hydrogens is 292 g/mol. The number of ether oxygens (including phenoxy) is 2. The summed E-state index contributed by atoms with van der Waals surface area (Å²) in [5, 5.41) is 0.977. The summed E-state index contributed by atoms with van der Waals surface area (Å²) in [6.07, 6.45) is 1.87. The number of aromatic nitrogens is 3. The van der Waals surface area contributed by atoms with E-state index in [1.165, 1.54) is 0 Å². The Kier molecular flexibility index (Phi) is 4.61. The minimum Gasteiger partial charge on any atom is -0.464 e. The van der Waals surface area contributed by atoms with Crippen LogP contribution in [0.1, 0.15) is 25.1 Å². The topological polar surface area (TPSA) is 60.4 Å². The van der Waals surface area contributed by atoms with Gasteiger partial charge in [-0.05, 0) is 32.3 Å². The van der Waals surface area contributed by atoms with Crippen LogP contribution >= 0.6 is 0 Å². The van der Waals surface area contributed by atoms with Crippen LogP contribution in [0.15, 0.2) is 6.20 Å². The Morgan fingerprint density at radius 2 is 2.17 bits per heavy atom. The monoisotopic (exact) mass is 316 g/mol. The van der Waals surface area contributed by atoms with Crippen molar-refractivity contribution < 1.29 is 9.47 Å². The van der Waals surface area contributed by atoms with E-state index in [2.05, 4.69) is 26.8 Å². The maximum absolute atomic E-state index is 5.66. The number of aryl methyl sites for hydroxylation is 2. The number of hydrogen-bond donors (Lipinski definition) is 0. The molecule has 0 N–H and O–H groups in total. The number of rotatable bonds is 3. The van der Waals surface area contributed by atoms with Crippen LogP contribution in [0.5, 0.6) is 6.01 Å². The highest BCUT2D eigenvalue weighted by atomic mass is 16.5. The van der Waals surface area contributed by atoms with E-state index in [1.807, 2.05) is 27.0 Å². The molecule has 0 radical (unpaired) electrons. The van der Waals surface area contributed by atoms with Gasteiger partial charge in [-0.15, -0.1) is 0 Å². The number of pyridine rings is 1. The van der Waals surface area contributed by atoms with Crippen LogP contribution in [-0.2, 0) is 4.74 Å². The SMILES string of the molecule is CCOc1nc(N2CCOCC(C)C2)c2cnc(C)c(C)c2n1. The Labute approximate surface area is 136 Å². The minimum atomic E-state index is 0.432. The van der Waals surface area contributed by atoms with Crippen LogP contribution in [0.25, 0.3) is 10.9 Å². The van der Waals surface area contributed by atoms with E-state index in [0.717, 1.165) is 47.7 Å². The summed E-state index contributed by atoms with van der Waals surface area (Å²) in [4.78, 5) is 16.0. The van der Waals surface area contributed by atoms with Crippen molar-refractivity contribution in [2.24, 2.45) is 5.92 Å². The fraction of sp³-hybridized carbons (Fsp3) is 0.588. The lowest BCUT2D eigenvalue weighted by Crippen LogP contribution is -2.30. The fourth-order valence-electron chi connectivity index (χ4n) is 2.88. The van der Waals surface area contributed by atoms with Crippen molar-refractivity contribution >= 4 is 16.7 Å². The molecule has 3 rings (SSSR count). The van der Waals surface area contributed by atoms with Crippen LogP contribution < -0.4 is 9.64 Å². The number of fused-ring (bicyclic) bond motifs is 1. The van der Waals surface area contributed by atoms with Gasteiger partial charge in [0, 0.05) is 25.0 Å². The number of nitrogens with zero attached hydrogens (tertiary/aromatic N) is 4. The third kappa shape index (κ3) is 3.22. The van der Waals surface area contributed by atoms with Gasteiger partial charge in [0.15, 0.2) is 0 Å². The predicted octanol–water partition coefficient (Wildman–Crippen LogP) is 2.51. The van der Waals surface area contributed by atoms with Gasteiger partial charge in [0.1, 0.15) is 5.82 Å². The molecule has 124 valence electrons. The van der Waals surface area contributed by atoms with Crippen LogP contribution in [0.4, 0.5) is 5.82 Å². The van der Waals surface area contributed by atoms with Gasteiger partial charge >= 0.3 is 6.01 Å². The molecule has 0 amide bonds. The van der Waals surface area contributed by atoms with Crippen molar-refractivity contribution in [1.29, 1.82) is 0 Å². The van der Waals surface area contributed by atoms with Crippen molar-refractivity contribution in [2.45, 2.75) is 27.7 Å². The van der Waals surface area contributed by atoms with E-state index >= 15 is 0 Å².